The summed E-state index contributed by atoms with van der Waals surface area (Å²) in [4.78, 5) is 0. The van der Waals surface area contributed by atoms with Gasteiger partial charge in [0.05, 0.1) is 5.60 Å². The van der Waals surface area contributed by atoms with Gasteiger partial charge in [-0.05, 0) is 44.9 Å². The average Bonchev–Trinajstić information content (AvgIpc) is 2.86. The zero-order chi connectivity index (χ0) is 11.6. The predicted molar refractivity (Wildman–Crippen MR) is 67.4 cm³/mol. The smallest absolute Gasteiger partial charge is 0.0771 e. The van der Waals surface area contributed by atoms with Crippen LogP contribution in [-0.4, -0.2) is 23.3 Å². The first-order chi connectivity index (χ1) is 7.58. The molecule has 2 rings (SSSR count). The average molecular weight is 225 g/mol. The molecule has 2 saturated carbocycles. The maximum atomic E-state index is 10.5. The van der Waals surface area contributed by atoms with Gasteiger partial charge in [-0.15, -0.1) is 0 Å². The summed E-state index contributed by atoms with van der Waals surface area (Å²) in [5.74, 6) is 1.49. The fraction of sp³-hybridized carbons (Fsp3) is 1.00. The summed E-state index contributed by atoms with van der Waals surface area (Å²) in [6.07, 6.45) is 9.17. The monoisotopic (exact) mass is 225 g/mol. The minimum Gasteiger partial charge on any atom is -0.389 e. The molecule has 0 saturated heterocycles. The van der Waals surface area contributed by atoms with Gasteiger partial charge in [0.15, 0.2) is 0 Å². The van der Waals surface area contributed by atoms with E-state index >= 15 is 0 Å². The predicted octanol–water partition coefficient (Wildman–Crippen LogP) is 2.71. The zero-order valence-electron chi connectivity index (χ0n) is 10.8. The molecule has 94 valence electrons. The first-order valence-electron chi connectivity index (χ1n) is 7.03. The Labute approximate surface area is 99.8 Å². The van der Waals surface area contributed by atoms with Crippen LogP contribution in [0.1, 0.15) is 58.8 Å². The number of aliphatic hydroxyl groups is 1. The van der Waals surface area contributed by atoms with Gasteiger partial charge in [0.1, 0.15) is 0 Å². The quantitative estimate of drug-likeness (QED) is 0.728. The summed E-state index contributed by atoms with van der Waals surface area (Å²) in [5.41, 5.74) is -0.492. The van der Waals surface area contributed by atoms with E-state index in [-0.39, 0.29) is 0 Å². The highest BCUT2D eigenvalue weighted by Crippen LogP contribution is 2.35. The Kier molecular flexibility index (Phi) is 3.91. The maximum absolute atomic E-state index is 10.5. The third-order valence-electron chi connectivity index (χ3n) is 4.43. The van der Waals surface area contributed by atoms with Crippen LogP contribution in [0.5, 0.6) is 0 Å². The van der Waals surface area contributed by atoms with Gasteiger partial charge in [-0.3, -0.25) is 0 Å². The van der Waals surface area contributed by atoms with Crippen molar-refractivity contribution >= 4 is 0 Å². The van der Waals surface area contributed by atoms with Crippen LogP contribution in [0.25, 0.3) is 0 Å². The lowest BCUT2D eigenvalue weighted by atomic mass is 9.87. The van der Waals surface area contributed by atoms with Crippen LogP contribution in [0.2, 0.25) is 0 Å². The van der Waals surface area contributed by atoms with Crippen LogP contribution in [0.15, 0.2) is 0 Å². The highest BCUT2D eigenvalue weighted by Gasteiger charge is 2.34. The van der Waals surface area contributed by atoms with Crippen LogP contribution in [0.3, 0.4) is 0 Å². The molecule has 0 heterocycles. The van der Waals surface area contributed by atoms with Crippen molar-refractivity contribution in [1.82, 2.24) is 5.32 Å². The van der Waals surface area contributed by atoms with Crippen molar-refractivity contribution in [3.63, 3.8) is 0 Å². The Hall–Kier alpha value is -0.0800. The van der Waals surface area contributed by atoms with E-state index in [0.717, 1.165) is 12.5 Å². The van der Waals surface area contributed by atoms with Gasteiger partial charge in [-0.25, -0.2) is 0 Å². The third-order valence-corrected chi connectivity index (χ3v) is 4.43. The lowest BCUT2D eigenvalue weighted by Gasteiger charge is -2.31. The van der Waals surface area contributed by atoms with Crippen molar-refractivity contribution in [2.45, 2.75) is 70.4 Å². The van der Waals surface area contributed by atoms with Gasteiger partial charge >= 0.3 is 0 Å². The summed E-state index contributed by atoms with van der Waals surface area (Å²) in [7, 11) is 0. The number of rotatable bonds is 6. The fourth-order valence-electron chi connectivity index (χ4n) is 3.01. The second-order valence-electron chi connectivity index (χ2n) is 6.30. The molecule has 0 amide bonds. The maximum Gasteiger partial charge on any atom is 0.0771 e. The molecule has 2 heteroatoms. The van der Waals surface area contributed by atoms with Crippen molar-refractivity contribution in [2.24, 2.45) is 11.8 Å². The second-order valence-corrected chi connectivity index (χ2v) is 6.30. The Morgan fingerprint density at radius 2 is 1.88 bits per heavy atom. The molecule has 2 N–H and O–H groups in total. The van der Waals surface area contributed by atoms with E-state index in [9.17, 15) is 5.11 Å². The number of hydrogen-bond donors (Lipinski definition) is 2. The molecule has 2 nitrogen and oxygen atoms in total. The molecular weight excluding hydrogens is 198 g/mol. The van der Waals surface area contributed by atoms with Crippen molar-refractivity contribution in [1.29, 1.82) is 0 Å². The van der Waals surface area contributed by atoms with Gasteiger partial charge in [0, 0.05) is 12.6 Å². The van der Waals surface area contributed by atoms with Crippen LogP contribution >= 0.6 is 0 Å². The Morgan fingerprint density at radius 1 is 1.25 bits per heavy atom. The van der Waals surface area contributed by atoms with Gasteiger partial charge < -0.3 is 10.4 Å². The molecule has 0 aromatic carbocycles. The minimum atomic E-state index is -0.492. The third kappa shape index (κ3) is 3.46. The van der Waals surface area contributed by atoms with E-state index in [1.54, 1.807) is 0 Å². The molecule has 2 fully saturated rings. The number of nitrogens with one attached hydrogen (secondary N) is 1. The van der Waals surface area contributed by atoms with Crippen molar-refractivity contribution in [3.05, 3.63) is 0 Å². The molecule has 2 aliphatic rings. The normalized spacial score (nSPS) is 27.9. The molecule has 2 aliphatic carbocycles. The Morgan fingerprint density at radius 3 is 2.44 bits per heavy atom. The Balaban J connectivity index is 1.69. The lowest BCUT2D eigenvalue weighted by molar-refractivity contribution is 0.000243. The van der Waals surface area contributed by atoms with Crippen LogP contribution < -0.4 is 5.32 Å². The topological polar surface area (TPSA) is 32.3 Å². The van der Waals surface area contributed by atoms with E-state index in [0.29, 0.717) is 12.0 Å². The first-order valence-corrected chi connectivity index (χ1v) is 7.03. The standard InChI is InChI=1S/C14H27NO/c1-11(9-12-7-8-12)15-10-14(2,16)13-5-3-4-6-13/h11-13,15-16H,3-10H2,1-2H3. The summed E-state index contributed by atoms with van der Waals surface area (Å²) in [6.45, 7) is 5.04. The molecule has 16 heavy (non-hydrogen) atoms. The second kappa shape index (κ2) is 5.05. The summed E-state index contributed by atoms with van der Waals surface area (Å²) < 4.78 is 0. The minimum absolute atomic E-state index is 0.492. The number of hydrogen-bond acceptors (Lipinski definition) is 2. The van der Waals surface area contributed by atoms with Crippen LogP contribution in [0, 0.1) is 11.8 Å². The molecule has 2 unspecified atom stereocenters. The molecule has 2 atom stereocenters. The van der Waals surface area contributed by atoms with E-state index in [2.05, 4.69) is 12.2 Å². The van der Waals surface area contributed by atoms with E-state index in [1.807, 2.05) is 6.92 Å². The fourth-order valence-corrected chi connectivity index (χ4v) is 3.01. The first kappa shape index (κ1) is 12.4. The molecule has 0 spiro atoms. The SMILES string of the molecule is CC(CC1CC1)NCC(C)(O)C1CCCC1. The van der Waals surface area contributed by atoms with Crippen molar-refractivity contribution in [3.8, 4) is 0 Å². The summed E-state index contributed by atoms with van der Waals surface area (Å²) in [5, 5.41) is 14.0. The van der Waals surface area contributed by atoms with Crippen LogP contribution in [0.4, 0.5) is 0 Å². The van der Waals surface area contributed by atoms with Gasteiger partial charge in [-0.1, -0.05) is 25.7 Å². The molecule has 0 radical (unpaired) electrons. The molecule has 0 aromatic heterocycles. The van der Waals surface area contributed by atoms with Crippen molar-refractivity contribution in [2.75, 3.05) is 6.54 Å². The summed E-state index contributed by atoms with van der Waals surface area (Å²) in [6, 6.07) is 0.570. The lowest BCUT2D eigenvalue weighted by Crippen LogP contribution is -2.46. The molecule has 0 aromatic rings. The largest absolute Gasteiger partial charge is 0.389 e. The van der Waals surface area contributed by atoms with Crippen molar-refractivity contribution < 1.29 is 5.11 Å². The van der Waals surface area contributed by atoms with Gasteiger partial charge in [0.2, 0.25) is 0 Å². The van der Waals surface area contributed by atoms with Crippen LogP contribution in [-0.2, 0) is 0 Å². The van der Waals surface area contributed by atoms with Gasteiger partial charge in [0.25, 0.3) is 0 Å². The van der Waals surface area contributed by atoms with E-state index in [1.165, 1.54) is 44.9 Å². The molecule has 0 bridgehead atoms. The highest BCUT2D eigenvalue weighted by molar-refractivity contribution is 4.88. The van der Waals surface area contributed by atoms with Gasteiger partial charge in [-0.2, -0.15) is 0 Å². The molecular formula is C14H27NO. The van der Waals surface area contributed by atoms with E-state index in [4.69, 9.17) is 0 Å². The van der Waals surface area contributed by atoms with E-state index < -0.39 is 5.60 Å². The zero-order valence-corrected chi connectivity index (χ0v) is 10.8. The molecule has 0 aliphatic heterocycles. The Bertz CT molecular complexity index is 217. The summed E-state index contributed by atoms with van der Waals surface area (Å²) >= 11 is 0. The highest BCUT2D eigenvalue weighted by atomic mass is 16.3.